The highest BCUT2D eigenvalue weighted by molar-refractivity contribution is 7.99. The highest BCUT2D eigenvalue weighted by Crippen LogP contribution is 2.33. The molecular formula is C17H24N2OS. The van der Waals surface area contributed by atoms with E-state index in [-0.39, 0.29) is 18.1 Å². The van der Waals surface area contributed by atoms with Gasteiger partial charge in [0.15, 0.2) is 0 Å². The van der Waals surface area contributed by atoms with Crippen molar-refractivity contribution < 1.29 is 4.79 Å². The third-order valence-corrected chi connectivity index (χ3v) is 5.68. The Morgan fingerprint density at radius 1 is 1.43 bits per heavy atom. The molecular weight excluding hydrogens is 280 g/mol. The molecule has 1 amide bonds. The van der Waals surface area contributed by atoms with E-state index in [0.29, 0.717) is 6.04 Å². The van der Waals surface area contributed by atoms with Gasteiger partial charge >= 0.3 is 0 Å². The van der Waals surface area contributed by atoms with Gasteiger partial charge in [0.25, 0.3) is 0 Å². The molecule has 2 aliphatic heterocycles. The van der Waals surface area contributed by atoms with Crippen LogP contribution in [-0.2, 0) is 4.79 Å². The smallest absolute Gasteiger partial charge is 0.241 e. The maximum absolute atomic E-state index is 12.8. The van der Waals surface area contributed by atoms with Crippen LogP contribution < -0.4 is 5.32 Å². The van der Waals surface area contributed by atoms with Crippen LogP contribution in [0, 0.1) is 6.92 Å². The van der Waals surface area contributed by atoms with E-state index in [1.54, 1.807) is 0 Å². The van der Waals surface area contributed by atoms with Gasteiger partial charge < -0.3 is 4.90 Å². The third-order valence-electron chi connectivity index (χ3n) is 4.49. The average Bonchev–Trinajstić information content (AvgIpc) is 2.85. The molecule has 0 aliphatic carbocycles. The number of carbonyl (C=O) groups excluding carboxylic acids is 1. The van der Waals surface area contributed by atoms with Crippen LogP contribution in [0.5, 0.6) is 0 Å². The highest BCUT2D eigenvalue weighted by atomic mass is 32.2. The maximum atomic E-state index is 12.8. The molecule has 3 unspecified atom stereocenters. The van der Waals surface area contributed by atoms with E-state index in [2.05, 4.69) is 48.3 Å². The number of nitrogens with one attached hydrogen (secondary N) is 1. The molecule has 0 aromatic heterocycles. The zero-order valence-electron chi connectivity index (χ0n) is 12.8. The zero-order chi connectivity index (χ0) is 14.8. The Kier molecular flexibility index (Phi) is 4.55. The quantitative estimate of drug-likeness (QED) is 0.931. The third kappa shape index (κ3) is 2.97. The summed E-state index contributed by atoms with van der Waals surface area (Å²) >= 11 is 1.98. The number of benzene rings is 1. The molecule has 0 saturated carbocycles. The summed E-state index contributed by atoms with van der Waals surface area (Å²) < 4.78 is 0. The van der Waals surface area contributed by atoms with Crippen LogP contribution in [0.3, 0.4) is 0 Å². The first kappa shape index (κ1) is 14.9. The second-order valence-corrected chi connectivity index (χ2v) is 7.21. The SMILES string of the molecule is CCC1NC(c2cccc(C)c2)N(C2CCCSC2)C1=O. The van der Waals surface area contributed by atoms with Gasteiger partial charge in [-0.15, -0.1) is 0 Å². The lowest BCUT2D eigenvalue weighted by atomic mass is 10.1. The number of aryl methyl sites for hydroxylation is 1. The topological polar surface area (TPSA) is 32.3 Å². The van der Waals surface area contributed by atoms with Gasteiger partial charge in [0.1, 0.15) is 6.17 Å². The lowest BCUT2D eigenvalue weighted by Gasteiger charge is -2.35. The molecule has 1 aromatic rings. The molecule has 2 saturated heterocycles. The van der Waals surface area contributed by atoms with Crippen molar-refractivity contribution in [3.8, 4) is 0 Å². The average molecular weight is 304 g/mol. The Morgan fingerprint density at radius 2 is 2.29 bits per heavy atom. The molecule has 3 rings (SSSR count). The summed E-state index contributed by atoms with van der Waals surface area (Å²) in [5.41, 5.74) is 2.47. The van der Waals surface area contributed by atoms with Crippen molar-refractivity contribution in [1.29, 1.82) is 0 Å². The van der Waals surface area contributed by atoms with Crippen LogP contribution in [-0.4, -0.2) is 34.4 Å². The molecule has 1 N–H and O–H groups in total. The predicted octanol–water partition coefficient (Wildman–Crippen LogP) is 3.10. The summed E-state index contributed by atoms with van der Waals surface area (Å²) in [6.07, 6.45) is 3.26. The zero-order valence-corrected chi connectivity index (χ0v) is 13.7. The Bertz CT molecular complexity index is 513. The summed E-state index contributed by atoms with van der Waals surface area (Å²) in [5, 5.41) is 3.55. The summed E-state index contributed by atoms with van der Waals surface area (Å²) in [6, 6.07) is 8.89. The lowest BCUT2D eigenvalue weighted by Crippen LogP contribution is -2.43. The molecule has 21 heavy (non-hydrogen) atoms. The van der Waals surface area contributed by atoms with Crippen LogP contribution in [0.15, 0.2) is 24.3 Å². The molecule has 3 atom stereocenters. The summed E-state index contributed by atoms with van der Waals surface area (Å²) in [5.74, 6) is 2.60. The molecule has 2 aliphatic rings. The van der Waals surface area contributed by atoms with Gasteiger partial charge in [-0.2, -0.15) is 11.8 Å². The fraction of sp³-hybridized carbons (Fsp3) is 0.588. The van der Waals surface area contributed by atoms with Crippen molar-refractivity contribution in [3.05, 3.63) is 35.4 Å². The Labute approximate surface area is 131 Å². The number of hydrogen-bond acceptors (Lipinski definition) is 3. The van der Waals surface area contributed by atoms with Crippen LogP contribution in [0.4, 0.5) is 0 Å². The highest BCUT2D eigenvalue weighted by Gasteiger charge is 2.42. The van der Waals surface area contributed by atoms with Gasteiger partial charge in [0.2, 0.25) is 5.91 Å². The van der Waals surface area contributed by atoms with Gasteiger partial charge in [-0.05, 0) is 37.5 Å². The van der Waals surface area contributed by atoms with Crippen molar-refractivity contribution in [3.63, 3.8) is 0 Å². The number of hydrogen-bond donors (Lipinski definition) is 1. The van der Waals surface area contributed by atoms with E-state index in [0.717, 1.165) is 18.6 Å². The van der Waals surface area contributed by atoms with Gasteiger partial charge in [0.05, 0.1) is 6.04 Å². The van der Waals surface area contributed by atoms with E-state index in [1.165, 1.54) is 23.3 Å². The number of amides is 1. The lowest BCUT2D eigenvalue weighted by molar-refractivity contribution is -0.132. The number of carbonyl (C=O) groups is 1. The molecule has 0 radical (unpaired) electrons. The van der Waals surface area contributed by atoms with E-state index in [1.807, 2.05) is 11.8 Å². The number of nitrogens with zero attached hydrogens (tertiary/aromatic N) is 1. The normalized spacial score (nSPS) is 29.9. The molecule has 1 aromatic carbocycles. The summed E-state index contributed by atoms with van der Waals surface area (Å²) in [6.45, 7) is 4.19. The number of rotatable bonds is 3. The van der Waals surface area contributed by atoms with Crippen molar-refractivity contribution >= 4 is 17.7 Å². The monoisotopic (exact) mass is 304 g/mol. The first-order valence-corrected chi connectivity index (χ1v) is 9.08. The van der Waals surface area contributed by atoms with Crippen molar-refractivity contribution in [2.45, 2.75) is 51.4 Å². The number of thioether (sulfide) groups is 1. The molecule has 0 spiro atoms. The summed E-state index contributed by atoms with van der Waals surface area (Å²) in [4.78, 5) is 14.9. The van der Waals surface area contributed by atoms with Gasteiger partial charge in [-0.1, -0.05) is 36.8 Å². The minimum absolute atomic E-state index is 0.0255. The second-order valence-electron chi connectivity index (χ2n) is 6.06. The van der Waals surface area contributed by atoms with Crippen molar-refractivity contribution in [2.75, 3.05) is 11.5 Å². The molecule has 114 valence electrons. The van der Waals surface area contributed by atoms with E-state index < -0.39 is 0 Å². The van der Waals surface area contributed by atoms with Crippen molar-refractivity contribution in [1.82, 2.24) is 10.2 Å². The predicted molar refractivity (Wildman–Crippen MR) is 88.3 cm³/mol. The van der Waals surface area contributed by atoms with Crippen LogP contribution in [0.2, 0.25) is 0 Å². The van der Waals surface area contributed by atoms with Crippen molar-refractivity contribution in [2.24, 2.45) is 0 Å². The standard InChI is InChI=1S/C17H24N2OS/c1-3-15-17(20)19(14-8-5-9-21-11-14)16(18-15)13-7-4-6-12(2)10-13/h4,6-7,10,14-16,18H,3,5,8-9,11H2,1-2H3. The Hall–Kier alpha value is -1.00. The minimum Gasteiger partial charge on any atom is -0.318 e. The minimum atomic E-state index is -0.0255. The van der Waals surface area contributed by atoms with E-state index >= 15 is 0 Å². The molecule has 2 fully saturated rings. The second kappa shape index (κ2) is 6.41. The maximum Gasteiger partial charge on any atom is 0.241 e. The van der Waals surface area contributed by atoms with E-state index in [9.17, 15) is 4.79 Å². The van der Waals surface area contributed by atoms with E-state index in [4.69, 9.17) is 0 Å². The van der Waals surface area contributed by atoms with Crippen LogP contribution >= 0.6 is 11.8 Å². The Balaban J connectivity index is 1.90. The molecule has 2 heterocycles. The van der Waals surface area contributed by atoms with Gasteiger partial charge in [-0.25, -0.2) is 0 Å². The fourth-order valence-corrected chi connectivity index (χ4v) is 4.51. The first-order chi connectivity index (χ1) is 10.2. The fourth-order valence-electron chi connectivity index (χ4n) is 3.37. The largest absolute Gasteiger partial charge is 0.318 e. The molecule has 4 heteroatoms. The van der Waals surface area contributed by atoms with Crippen LogP contribution in [0.25, 0.3) is 0 Å². The van der Waals surface area contributed by atoms with Gasteiger partial charge in [-0.3, -0.25) is 10.1 Å². The first-order valence-electron chi connectivity index (χ1n) is 7.93. The summed E-state index contributed by atoms with van der Waals surface area (Å²) in [7, 11) is 0. The van der Waals surface area contributed by atoms with Crippen LogP contribution in [0.1, 0.15) is 43.5 Å². The molecule has 3 nitrogen and oxygen atoms in total. The Morgan fingerprint density at radius 3 is 2.95 bits per heavy atom. The molecule has 0 bridgehead atoms. The van der Waals surface area contributed by atoms with Gasteiger partial charge in [0, 0.05) is 11.8 Å².